The van der Waals surface area contributed by atoms with E-state index in [2.05, 4.69) is 10.2 Å². The Morgan fingerprint density at radius 3 is 2.10 bits per heavy atom. The molecule has 0 spiro atoms. The number of carbonyl (C=O) groups is 1. The molecule has 0 aliphatic heterocycles. The molecule has 1 fully saturated rings. The fourth-order valence-corrected chi connectivity index (χ4v) is 2.57. The second-order valence-corrected chi connectivity index (χ2v) is 5.25. The predicted octanol–water partition coefficient (Wildman–Crippen LogP) is 0.122. The van der Waals surface area contributed by atoms with E-state index in [0.717, 1.165) is 25.9 Å². The van der Waals surface area contributed by atoms with E-state index in [0.29, 0.717) is 25.7 Å². The molecule has 0 bridgehead atoms. The smallest absolute Gasteiger partial charge is 0.327 e. The van der Waals surface area contributed by atoms with Gasteiger partial charge in [0.2, 0.25) is 0 Å². The van der Waals surface area contributed by atoms with Crippen LogP contribution in [0.3, 0.4) is 0 Å². The molecular formula is C14H28N2O4. The van der Waals surface area contributed by atoms with Crippen molar-refractivity contribution in [3.63, 3.8) is 0 Å². The first-order chi connectivity index (χ1) is 9.64. The average molecular weight is 288 g/mol. The lowest BCUT2D eigenvalue weighted by Gasteiger charge is -2.36. The van der Waals surface area contributed by atoms with Crippen LogP contribution < -0.4 is 5.32 Å². The molecule has 1 unspecified atom stereocenters. The van der Waals surface area contributed by atoms with Crippen molar-refractivity contribution in [2.75, 3.05) is 61.2 Å². The van der Waals surface area contributed by atoms with Crippen molar-refractivity contribution in [2.45, 2.75) is 18.4 Å². The topological polar surface area (TPSA) is 60.0 Å². The van der Waals surface area contributed by atoms with Crippen LogP contribution in [0, 0.1) is 5.92 Å². The Bertz CT molecular complexity index is 289. The van der Waals surface area contributed by atoms with Crippen molar-refractivity contribution in [3.8, 4) is 0 Å². The monoisotopic (exact) mass is 288 g/mol. The van der Waals surface area contributed by atoms with Crippen LogP contribution in [0.2, 0.25) is 0 Å². The Kier molecular flexibility index (Phi) is 7.43. The number of hydrogen-bond donors (Lipinski definition) is 1. The van der Waals surface area contributed by atoms with Crippen LogP contribution in [0.25, 0.3) is 0 Å². The standard InChI is InChI=1S/C14H28N2O4/c1-15-14(12-5-6-12,13(17)20-4)11-16(7-9-18-2)8-10-19-3/h12,15H,5-11H2,1-4H3. The molecule has 0 aromatic rings. The number of carbonyl (C=O) groups excluding carboxylic acids is 1. The maximum absolute atomic E-state index is 12.3. The van der Waals surface area contributed by atoms with Gasteiger partial charge in [0, 0.05) is 33.9 Å². The highest BCUT2D eigenvalue weighted by molar-refractivity contribution is 5.82. The van der Waals surface area contributed by atoms with Crippen molar-refractivity contribution in [2.24, 2.45) is 5.92 Å². The van der Waals surface area contributed by atoms with Crippen LogP contribution in [0.15, 0.2) is 0 Å². The lowest BCUT2D eigenvalue weighted by atomic mass is 9.92. The first-order valence-electron chi connectivity index (χ1n) is 7.12. The van der Waals surface area contributed by atoms with Gasteiger partial charge in [-0.1, -0.05) is 0 Å². The Morgan fingerprint density at radius 1 is 1.20 bits per heavy atom. The highest BCUT2D eigenvalue weighted by atomic mass is 16.5. The quantitative estimate of drug-likeness (QED) is 0.545. The van der Waals surface area contributed by atoms with E-state index in [1.807, 2.05) is 7.05 Å². The SMILES string of the molecule is CNC(CN(CCOC)CCOC)(C(=O)OC)C1CC1. The van der Waals surface area contributed by atoms with E-state index in [4.69, 9.17) is 14.2 Å². The zero-order chi connectivity index (χ0) is 15.0. The summed E-state index contributed by atoms with van der Waals surface area (Å²) in [7, 11) is 6.65. The van der Waals surface area contributed by atoms with Crippen LogP contribution in [-0.4, -0.2) is 77.6 Å². The van der Waals surface area contributed by atoms with Crippen LogP contribution in [0.4, 0.5) is 0 Å². The molecule has 0 saturated heterocycles. The Labute approximate surface area is 121 Å². The fourth-order valence-electron chi connectivity index (χ4n) is 2.57. The average Bonchev–Trinajstić information content (AvgIpc) is 3.31. The molecule has 0 aromatic carbocycles. The van der Waals surface area contributed by atoms with Crippen LogP contribution in [-0.2, 0) is 19.0 Å². The summed E-state index contributed by atoms with van der Waals surface area (Å²) in [5.41, 5.74) is -0.615. The van der Waals surface area contributed by atoms with Gasteiger partial charge in [0.25, 0.3) is 0 Å². The first-order valence-corrected chi connectivity index (χ1v) is 7.12. The minimum Gasteiger partial charge on any atom is -0.468 e. The van der Waals surface area contributed by atoms with Gasteiger partial charge in [-0.25, -0.2) is 4.79 Å². The van der Waals surface area contributed by atoms with Gasteiger partial charge in [0.1, 0.15) is 5.54 Å². The number of ether oxygens (including phenoxy) is 3. The minimum atomic E-state index is -0.615. The first kappa shape index (κ1) is 17.4. The van der Waals surface area contributed by atoms with E-state index in [9.17, 15) is 4.79 Å². The molecule has 0 aromatic heterocycles. The van der Waals surface area contributed by atoms with Crippen molar-refractivity contribution in [3.05, 3.63) is 0 Å². The van der Waals surface area contributed by atoms with E-state index in [1.54, 1.807) is 14.2 Å². The Balaban J connectivity index is 2.74. The molecular weight excluding hydrogens is 260 g/mol. The summed E-state index contributed by atoms with van der Waals surface area (Å²) in [5.74, 6) is 0.176. The molecule has 0 heterocycles. The largest absolute Gasteiger partial charge is 0.468 e. The van der Waals surface area contributed by atoms with Gasteiger partial charge < -0.3 is 19.5 Å². The number of rotatable bonds is 11. The molecule has 1 aliphatic rings. The molecule has 1 rings (SSSR count). The summed E-state index contributed by atoms with van der Waals surface area (Å²) in [6.45, 7) is 3.43. The van der Waals surface area contributed by atoms with Gasteiger partial charge in [-0.15, -0.1) is 0 Å². The molecule has 1 aliphatic carbocycles. The normalized spacial score (nSPS) is 18.1. The van der Waals surface area contributed by atoms with E-state index in [-0.39, 0.29) is 5.97 Å². The number of nitrogens with one attached hydrogen (secondary N) is 1. The highest BCUT2D eigenvalue weighted by Gasteiger charge is 2.51. The lowest BCUT2D eigenvalue weighted by Crippen LogP contribution is -2.60. The van der Waals surface area contributed by atoms with Gasteiger partial charge in [-0.2, -0.15) is 0 Å². The van der Waals surface area contributed by atoms with Gasteiger partial charge in [0.05, 0.1) is 20.3 Å². The summed E-state index contributed by atoms with van der Waals surface area (Å²) in [4.78, 5) is 14.4. The van der Waals surface area contributed by atoms with Gasteiger partial charge in [0.15, 0.2) is 0 Å². The molecule has 0 radical (unpaired) electrons. The van der Waals surface area contributed by atoms with Crippen molar-refractivity contribution in [1.29, 1.82) is 0 Å². The third-order valence-corrected chi connectivity index (χ3v) is 3.97. The molecule has 118 valence electrons. The van der Waals surface area contributed by atoms with Gasteiger partial charge in [-0.3, -0.25) is 4.90 Å². The fraction of sp³-hybridized carbons (Fsp3) is 0.929. The minimum absolute atomic E-state index is 0.178. The van der Waals surface area contributed by atoms with E-state index >= 15 is 0 Å². The van der Waals surface area contributed by atoms with Crippen LogP contribution in [0.5, 0.6) is 0 Å². The zero-order valence-corrected chi connectivity index (χ0v) is 13.1. The molecule has 20 heavy (non-hydrogen) atoms. The van der Waals surface area contributed by atoms with E-state index in [1.165, 1.54) is 7.11 Å². The molecule has 1 saturated carbocycles. The maximum atomic E-state index is 12.3. The second kappa shape index (κ2) is 8.56. The number of methoxy groups -OCH3 is 3. The molecule has 0 amide bonds. The highest BCUT2D eigenvalue weighted by Crippen LogP contribution is 2.40. The van der Waals surface area contributed by atoms with Gasteiger partial charge >= 0.3 is 5.97 Å². The second-order valence-electron chi connectivity index (χ2n) is 5.25. The number of likely N-dealkylation sites (N-methyl/N-ethyl adjacent to an activating group) is 1. The van der Waals surface area contributed by atoms with Crippen molar-refractivity contribution >= 4 is 5.97 Å². The summed E-state index contributed by atoms with van der Waals surface area (Å²) in [5, 5.41) is 3.21. The van der Waals surface area contributed by atoms with Crippen molar-refractivity contribution in [1.82, 2.24) is 10.2 Å². The summed E-state index contributed by atoms with van der Waals surface area (Å²) in [6, 6.07) is 0. The maximum Gasteiger partial charge on any atom is 0.327 e. The van der Waals surface area contributed by atoms with Crippen LogP contribution >= 0.6 is 0 Å². The lowest BCUT2D eigenvalue weighted by molar-refractivity contribution is -0.150. The molecule has 1 atom stereocenters. The third kappa shape index (κ3) is 4.41. The summed E-state index contributed by atoms with van der Waals surface area (Å²) >= 11 is 0. The Hall–Kier alpha value is -0.690. The molecule has 6 nitrogen and oxygen atoms in total. The number of nitrogens with zero attached hydrogens (tertiary/aromatic N) is 1. The molecule has 1 N–H and O–H groups in total. The van der Waals surface area contributed by atoms with Crippen LogP contribution in [0.1, 0.15) is 12.8 Å². The molecule has 6 heteroatoms. The Morgan fingerprint density at radius 2 is 1.75 bits per heavy atom. The zero-order valence-electron chi connectivity index (χ0n) is 13.1. The summed E-state index contributed by atoms with van der Waals surface area (Å²) in [6.07, 6.45) is 2.14. The van der Waals surface area contributed by atoms with Crippen molar-refractivity contribution < 1.29 is 19.0 Å². The van der Waals surface area contributed by atoms with Gasteiger partial charge in [-0.05, 0) is 25.8 Å². The number of hydrogen-bond acceptors (Lipinski definition) is 6. The third-order valence-electron chi connectivity index (χ3n) is 3.97. The number of esters is 1. The van der Waals surface area contributed by atoms with E-state index < -0.39 is 5.54 Å². The predicted molar refractivity (Wildman–Crippen MR) is 76.7 cm³/mol. The summed E-state index contributed by atoms with van der Waals surface area (Å²) < 4.78 is 15.3.